The van der Waals surface area contributed by atoms with Crippen LogP contribution in [0, 0.1) is 0 Å². The highest BCUT2D eigenvalue weighted by atomic mass is 35.5. The summed E-state index contributed by atoms with van der Waals surface area (Å²) in [5.74, 6) is 4.23. The predicted octanol–water partition coefficient (Wildman–Crippen LogP) is 1.82. The Bertz CT molecular complexity index is 496. The zero-order valence-corrected chi connectivity index (χ0v) is 15.0. The van der Waals surface area contributed by atoms with Crippen LogP contribution in [0.5, 0.6) is 0 Å². The van der Waals surface area contributed by atoms with E-state index in [4.69, 9.17) is 9.97 Å². The van der Waals surface area contributed by atoms with Crippen LogP contribution < -0.4 is 10.2 Å². The van der Waals surface area contributed by atoms with Gasteiger partial charge in [-0.3, -0.25) is 0 Å². The second-order valence-corrected chi connectivity index (χ2v) is 6.75. The molecular formula is C14H24Cl2N4OS. The Morgan fingerprint density at radius 1 is 1.09 bits per heavy atom. The van der Waals surface area contributed by atoms with Gasteiger partial charge < -0.3 is 15.7 Å². The monoisotopic (exact) mass is 366 g/mol. The van der Waals surface area contributed by atoms with Crippen LogP contribution in [0.1, 0.15) is 36.7 Å². The van der Waals surface area contributed by atoms with Gasteiger partial charge in [-0.15, -0.1) is 36.6 Å². The Morgan fingerprint density at radius 3 is 2.50 bits per heavy atom. The van der Waals surface area contributed by atoms with E-state index < -0.39 is 0 Å². The maximum atomic E-state index is 4.94. The third-order valence-electron chi connectivity index (χ3n) is 4.10. The van der Waals surface area contributed by atoms with E-state index in [2.05, 4.69) is 10.2 Å². The zero-order valence-electron chi connectivity index (χ0n) is 12.5. The van der Waals surface area contributed by atoms with Gasteiger partial charge in [-0.05, 0) is 31.4 Å². The topological polar surface area (TPSA) is 72.6 Å². The lowest BCUT2D eigenvalue weighted by molar-refractivity contribution is 0.578. The van der Waals surface area contributed by atoms with Crippen molar-refractivity contribution in [2.24, 2.45) is 0 Å². The van der Waals surface area contributed by atoms with Gasteiger partial charge in [0.2, 0.25) is 0 Å². The molecule has 3 aliphatic rings. The molecule has 1 aromatic rings. The Kier molecular flexibility index (Phi) is 7.68. The summed E-state index contributed by atoms with van der Waals surface area (Å²) in [6, 6.07) is 0. The number of halogens is 2. The molecule has 0 spiro atoms. The fourth-order valence-electron chi connectivity index (χ4n) is 2.85. The summed E-state index contributed by atoms with van der Waals surface area (Å²) in [6.45, 7) is 4.30. The fraction of sp³-hybridized carbons (Fsp3) is 0.714. The van der Waals surface area contributed by atoms with Crippen LogP contribution >= 0.6 is 36.6 Å². The quantitative estimate of drug-likeness (QED) is 0.863. The van der Waals surface area contributed by atoms with E-state index in [9.17, 15) is 0 Å². The average molecular weight is 367 g/mol. The summed E-state index contributed by atoms with van der Waals surface area (Å²) in [7, 11) is 0. The van der Waals surface area contributed by atoms with Crippen LogP contribution in [0.25, 0.3) is 0 Å². The minimum absolute atomic E-state index is 0. The Morgan fingerprint density at radius 2 is 1.82 bits per heavy atom. The van der Waals surface area contributed by atoms with Gasteiger partial charge in [0.15, 0.2) is 0 Å². The summed E-state index contributed by atoms with van der Waals surface area (Å²) >= 11 is 1.96. The summed E-state index contributed by atoms with van der Waals surface area (Å²) in [4.78, 5) is 13.6. The molecule has 0 aromatic carbocycles. The molecule has 3 N–H and O–H groups in total. The first kappa shape index (κ1) is 19.8. The lowest BCUT2D eigenvalue weighted by atomic mass is 10.2. The van der Waals surface area contributed by atoms with Crippen molar-refractivity contribution < 1.29 is 5.48 Å². The highest BCUT2D eigenvalue weighted by Gasteiger charge is 2.30. The number of hydrogen-bond acceptors (Lipinski definition) is 5. The van der Waals surface area contributed by atoms with Crippen LogP contribution in [0.2, 0.25) is 0 Å². The summed E-state index contributed by atoms with van der Waals surface area (Å²) in [5, 5.41) is 3.42. The Balaban J connectivity index is 0.000000807. The first-order valence-corrected chi connectivity index (χ1v) is 8.39. The number of aryl methyl sites for hydroxylation is 1. The van der Waals surface area contributed by atoms with Crippen molar-refractivity contribution in [2.45, 2.75) is 36.5 Å². The number of hydrogen-bond donors (Lipinski definition) is 1. The number of nitrogens with zero attached hydrogens (tertiary/aromatic N) is 3. The van der Waals surface area contributed by atoms with Crippen LogP contribution in [0.4, 0.5) is 5.82 Å². The Labute approximate surface area is 148 Å². The van der Waals surface area contributed by atoms with Gasteiger partial charge in [-0.1, -0.05) is 0 Å². The molecule has 1 saturated heterocycles. The largest absolute Gasteiger partial charge is 0.412 e. The molecule has 1 saturated carbocycles. The standard InChI is InChI=1S/C14H20N4S.2ClH.H2O/c1-2-11-12(19-9-1)14(18-7-5-15-6-8-18)17-13(16-11)10-3-4-10;;;/h10,15H,1-9H2;2*1H;1H2. The first-order valence-electron chi connectivity index (χ1n) is 7.41. The van der Waals surface area contributed by atoms with Gasteiger partial charge in [0.05, 0.1) is 10.6 Å². The fourth-order valence-corrected chi connectivity index (χ4v) is 3.96. The molecule has 4 rings (SSSR count). The van der Waals surface area contributed by atoms with E-state index in [-0.39, 0.29) is 30.3 Å². The van der Waals surface area contributed by atoms with E-state index in [0.717, 1.165) is 38.4 Å². The van der Waals surface area contributed by atoms with Crippen molar-refractivity contribution in [1.29, 1.82) is 0 Å². The highest BCUT2D eigenvalue weighted by Crippen LogP contribution is 2.42. The minimum Gasteiger partial charge on any atom is -0.412 e. The summed E-state index contributed by atoms with van der Waals surface area (Å²) < 4.78 is 0. The van der Waals surface area contributed by atoms with Crippen molar-refractivity contribution in [2.75, 3.05) is 36.8 Å². The second-order valence-electron chi connectivity index (χ2n) is 5.64. The highest BCUT2D eigenvalue weighted by molar-refractivity contribution is 7.99. The predicted molar refractivity (Wildman–Crippen MR) is 96.2 cm³/mol. The van der Waals surface area contributed by atoms with E-state index in [1.807, 2.05) is 11.8 Å². The van der Waals surface area contributed by atoms with Gasteiger partial charge in [-0.25, -0.2) is 9.97 Å². The second kappa shape index (κ2) is 8.55. The number of thioether (sulfide) groups is 1. The average Bonchev–Trinajstić information content (AvgIpc) is 3.32. The van der Waals surface area contributed by atoms with Gasteiger partial charge >= 0.3 is 0 Å². The van der Waals surface area contributed by atoms with Gasteiger partial charge in [0.1, 0.15) is 11.6 Å². The van der Waals surface area contributed by atoms with E-state index in [0.29, 0.717) is 5.92 Å². The first-order chi connectivity index (χ1) is 9.42. The SMILES string of the molecule is C1CSc2c(nc(C3CC3)nc2N2CCNCC2)C1.Cl.Cl.O. The maximum Gasteiger partial charge on any atom is 0.146 e. The maximum absolute atomic E-state index is 4.94. The summed E-state index contributed by atoms with van der Waals surface area (Å²) in [6.07, 6.45) is 4.98. The molecule has 2 fully saturated rings. The number of fused-ring (bicyclic) bond motifs is 1. The van der Waals surface area contributed by atoms with E-state index in [1.54, 1.807) is 0 Å². The Hall–Kier alpha value is -0.270. The molecular weight excluding hydrogens is 343 g/mol. The molecule has 1 aliphatic carbocycles. The molecule has 0 radical (unpaired) electrons. The molecule has 3 heterocycles. The molecule has 1 aromatic heterocycles. The third-order valence-corrected chi connectivity index (χ3v) is 5.30. The molecule has 22 heavy (non-hydrogen) atoms. The van der Waals surface area contributed by atoms with Crippen molar-refractivity contribution in [3.63, 3.8) is 0 Å². The van der Waals surface area contributed by atoms with Gasteiger partial charge in [0, 0.05) is 32.1 Å². The molecule has 0 atom stereocenters. The molecule has 8 heteroatoms. The van der Waals surface area contributed by atoms with Crippen molar-refractivity contribution in [1.82, 2.24) is 15.3 Å². The number of piperazine rings is 1. The molecule has 0 bridgehead atoms. The molecule has 0 unspecified atom stereocenters. The van der Waals surface area contributed by atoms with Crippen LogP contribution in [-0.2, 0) is 6.42 Å². The number of nitrogens with one attached hydrogen (secondary N) is 1. The third kappa shape index (κ3) is 3.97. The van der Waals surface area contributed by atoms with Gasteiger partial charge in [-0.2, -0.15) is 0 Å². The molecule has 2 aliphatic heterocycles. The van der Waals surface area contributed by atoms with Crippen LogP contribution in [0.3, 0.4) is 0 Å². The smallest absolute Gasteiger partial charge is 0.146 e. The molecule has 0 amide bonds. The van der Waals surface area contributed by atoms with E-state index >= 15 is 0 Å². The lowest BCUT2D eigenvalue weighted by Gasteiger charge is -2.31. The van der Waals surface area contributed by atoms with E-state index in [1.165, 1.54) is 41.4 Å². The lowest BCUT2D eigenvalue weighted by Crippen LogP contribution is -2.44. The zero-order chi connectivity index (χ0) is 12.7. The van der Waals surface area contributed by atoms with Crippen LogP contribution in [-0.4, -0.2) is 47.4 Å². The molecule has 5 nitrogen and oxygen atoms in total. The number of aromatic nitrogens is 2. The van der Waals surface area contributed by atoms with Crippen molar-refractivity contribution in [3.8, 4) is 0 Å². The number of anilines is 1. The normalized spacial score (nSPS) is 20.1. The van der Waals surface area contributed by atoms with Crippen LogP contribution in [0.15, 0.2) is 4.90 Å². The summed E-state index contributed by atoms with van der Waals surface area (Å²) in [5.41, 5.74) is 1.32. The molecule has 126 valence electrons. The van der Waals surface area contributed by atoms with Crippen molar-refractivity contribution >= 4 is 42.4 Å². The van der Waals surface area contributed by atoms with Crippen molar-refractivity contribution in [3.05, 3.63) is 11.5 Å². The minimum atomic E-state index is 0. The van der Waals surface area contributed by atoms with Gasteiger partial charge in [0.25, 0.3) is 0 Å². The number of rotatable bonds is 2.